The SMILES string of the molecule is C=Cc1c(C)c2cc3nc(c(C)c4cc(C)c(cc5nc(cc1[nH]2)C(C)=C5CC)[nH]4)[C@@H](CCC(=O)N(C)CCCS[C@@H]1O[C@H](CO)[C@@H](O)[C@H](O)[C@H]1O)[C@@H]3C.[Zn]. The van der Waals surface area contributed by atoms with Gasteiger partial charge in [0.2, 0.25) is 5.91 Å². The third-order valence-electron chi connectivity index (χ3n) is 11.5. The van der Waals surface area contributed by atoms with Gasteiger partial charge in [-0.15, -0.1) is 11.8 Å². The molecule has 292 valence electrons. The van der Waals surface area contributed by atoms with Gasteiger partial charge in [0.25, 0.3) is 0 Å². The number of nitrogens with one attached hydrogen (secondary N) is 2. The van der Waals surface area contributed by atoms with Gasteiger partial charge in [0, 0.05) is 90.3 Å². The average Bonchev–Trinajstić information content (AvgIpc) is 3.86. The summed E-state index contributed by atoms with van der Waals surface area (Å²) in [6, 6.07) is 8.61. The molecule has 0 spiro atoms. The number of H-pyrrole nitrogens is 2. The first-order chi connectivity index (χ1) is 25.8. The van der Waals surface area contributed by atoms with E-state index in [0.29, 0.717) is 31.6 Å². The predicted molar refractivity (Wildman–Crippen MR) is 217 cm³/mol. The van der Waals surface area contributed by atoms with Crippen LogP contribution in [0.2, 0.25) is 0 Å². The molecule has 0 aromatic carbocycles. The third kappa shape index (κ3) is 8.59. The number of fused-ring (bicyclic) bond motifs is 8. The van der Waals surface area contributed by atoms with Crippen LogP contribution >= 0.6 is 11.8 Å². The van der Waals surface area contributed by atoms with E-state index < -0.39 is 36.5 Å². The van der Waals surface area contributed by atoms with Gasteiger partial charge >= 0.3 is 0 Å². The van der Waals surface area contributed by atoms with Crippen LogP contribution in [0, 0.1) is 20.8 Å². The van der Waals surface area contributed by atoms with E-state index in [-0.39, 0.29) is 37.2 Å². The number of rotatable bonds is 11. The van der Waals surface area contributed by atoms with E-state index in [2.05, 4.69) is 82.4 Å². The molecule has 6 heterocycles. The quantitative estimate of drug-likeness (QED) is 0.0966. The number of hydrogen-bond acceptors (Lipinski definition) is 9. The van der Waals surface area contributed by atoms with Crippen molar-refractivity contribution in [3.8, 4) is 0 Å². The van der Waals surface area contributed by atoms with Crippen molar-refractivity contribution in [1.82, 2.24) is 24.8 Å². The molecule has 1 fully saturated rings. The van der Waals surface area contributed by atoms with Crippen molar-refractivity contribution in [2.24, 2.45) is 0 Å². The summed E-state index contributed by atoms with van der Waals surface area (Å²) >= 11 is 1.30. The molecule has 8 bridgehead atoms. The zero-order chi connectivity index (χ0) is 39.0. The van der Waals surface area contributed by atoms with Crippen molar-refractivity contribution in [2.45, 2.75) is 109 Å². The standard InChI is InChI=1S/C42H55N5O6S.Zn/c1-9-26-23(5)32-19-35-27(10-2)22(4)31(44-35)18-33-24(6)28(38(46-33)25(7)30-16-21(3)29(43-30)17-34(26)45-32)12-13-37(49)47(8)14-11-15-54-42-41(52)40(51)39(50)36(20-48)53-42;/h10,16-19,24,28,36,39-44,48,50-52H,2,9,11-15,20H2,1,3-8H3;/t24-,28-,36+,39+,40-,41+,42-;/m0./s1. The second-order valence-corrected chi connectivity index (χ2v) is 16.2. The van der Waals surface area contributed by atoms with E-state index in [4.69, 9.17) is 14.7 Å². The molecular formula is C42H55N5O6SZn. The normalized spacial score (nSPS) is 23.8. The van der Waals surface area contributed by atoms with Gasteiger partial charge in [-0.1, -0.05) is 26.5 Å². The van der Waals surface area contributed by atoms with Crippen molar-refractivity contribution in [3.63, 3.8) is 0 Å². The Morgan fingerprint density at radius 3 is 2.35 bits per heavy atom. The Bertz CT molecular complexity index is 2110. The number of hydrogen-bond donors (Lipinski definition) is 6. The minimum absolute atomic E-state index is 0. The van der Waals surface area contributed by atoms with Crippen molar-refractivity contribution < 1.29 is 49.4 Å². The van der Waals surface area contributed by atoms with Gasteiger partial charge in [-0.2, -0.15) is 0 Å². The monoisotopic (exact) mass is 821 g/mol. The van der Waals surface area contributed by atoms with Crippen molar-refractivity contribution >= 4 is 57.0 Å². The summed E-state index contributed by atoms with van der Waals surface area (Å²) in [5.41, 5.74) is 13.8. The summed E-state index contributed by atoms with van der Waals surface area (Å²) in [5.74, 6) is 0.688. The number of ether oxygens (including phenoxy) is 1. The summed E-state index contributed by atoms with van der Waals surface area (Å²) in [7, 11) is 1.80. The summed E-state index contributed by atoms with van der Waals surface area (Å²) in [6.45, 7) is 17.0. The number of aromatic amines is 2. The number of carbonyl (C=O) groups is 1. The van der Waals surface area contributed by atoms with Gasteiger partial charge in [-0.3, -0.25) is 9.78 Å². The molecular weight excluding hydrogens is 768 g/mol. The molecule has 3 aromatic heterocycles. The first-order valence-electron chi connectivity index (χ1n) is 19.0. The van der Waals surface area contributed by atoms with Crippen LogP contribution in [0.15, 0.2) is 30.8 Å². The maximum atomic E-state index is 13.5. The second-order valence-electron chi connectivity index (χ2n) is 15.0. The summed E-state index contributed by atoms with van der Waals surface area (Å²) < 4.78 is 5.60. The smallest absolute Gasteiger partial charge is 0.222 e. The molecule has 11 nitrogen and oxygen atoms in total. The molecule has 3 aliphatic rings. The number of nitrogens with zero attached hydrogens (tertiary/aromatic N) is 3. The van der Waals surface area contributed by atoms with Crippen LogP contribution in [-0.4, -0.2) is 107 Å². The maximum absolute atomic E-state index is 13.5. The Hall–Kier alpha value is -3.16. The van der Waals surface area contributed by atoms with E-state index in [0.717, 1.165) is 73.5 Å². The largest absolute Gasteiger partial charge is 0.394 e. The minimum atomic E-state index is -1.40. The number of amides is 1. The van der Waals surface area contributed by atoms with Crippen LogP contribution in [0.3, 0.4) is 0 Å². The van der Waals surface area contributed by atoms with Crippen molar-refractivity contribution in [3.05, 3.63) is 75.9 Å². The Morgan fingerprint density at radius 2 is 1.65 bits per heavy atom. The fourth-order valence-corrected chi connectivity index (χ4v) is 9.08. The number of allylic oxidation sites excluding steroid dienone is 2. The molecule has 7 atom stereocenters. The average molecular weight is 823 g/mol. The molecule has 0 saturated carbocycles. The van der Waals surface area contributed by atoms with E-state index in [9.17, 15) is 25.2 Å². The van der Waals surface area contributed by atoms with Crippen LogP contribution in [0.1, 0.15) is 103 Å². The molecule has 0 aliphatic carbocycles. The fraction of sp³-hybridized carbons (Fsp3) is 0.500. The summed E-state index contributed by atoms with van der Waals surface area (Å²) in [5, 5.41) is 40.0. The van der Waals surface area contributed by atoms with Gasteiger partial charge in [0.1, 0.15) is 29.9 Å². The maximum Gasteiger partial charge on any atom is 0.222 e. The molecule has 3 aromatic rings. The van der Waals surface area contributed by atoms with Crippen LogP contribution in [-0.2, 0) is 29.0 Å². The molecule has 6 rings (SSSR count). The Kier molecular flexibility index (Phi) is 14.0. The minimum Gasteiger partial charge on any atom is -0.394 e. The van der Waals surface area contributed by atoms with Gasteiger partial charge in [0.15, 0.2) is 0 Å². The molecule has 1 saturated heterocycles. The molecule has 13 heteroatoms. The van der Waals surface area contributed by atoms with Crippen molar-refractivity contribution in [2.75, 3.05) is 26.0 Å². The summed E-state index contributed by atoms with van der Waals surface area (Å²) in [6.07, 6.45) is -0.586. The van der Waals surface area contributed by atoms with Crippen LogP contribution in [0.5, 0.6) is 0 Å². The fourth-order valence-electron chi connectivity index (χ4n) is 7.97. The Balaban J connectivity index is 0.00000580. The van der Waals surface area contributed by atoms with Gasteiger partial charge < -0.3 is 40.0 Å². The molecule has 55 heavy (non-hydrogen) atoms. The number of thioether (sulfide) groups is 1. The topological polar surface area (TPSA) is 168 Å². The molecule has 1 amide bonds. The van der Waals surface area contributed by atoms with E-state index >= 15 is 0 Å². The zero-order valence-electron chi connectivity index (χ0n) is 33.1. The molecule has 3 aliphatic heterocycles. The number of aliphatic hydroxyl groups excluding tert-OH is 4. The van der Waals surface area contributed by atoms with Gasteiger partial charge in [0.05, 0.1) is 18.0 Å². The molecule has 0 radical (unpaired) electrons. The third-order valence-corrected chi connectivity index (χ3v) is 12.8. The van der Waals surface area contributed by atoms with Gasteiger partial charge in [-0.05, 0) is 105 Å². The van der Waals surface area contributed by atoms with Crippen LogP contribution < -0.4 is 0 Å². The van der Waals surface area contributed by atoms with Crippen molar-refractivity contribution in [1.29, 1.82) is 0 Å². The van der Waals surface area contributed by atoms with Crippen LogP contribution in [0.25, 0.3) is 39.3 Å². The Labute approximate surface area is 340 Å². The van der Waals surface area contributed by atoms with E-state index in [1.807, 2.05) is 6.08 Å². The number of aliphatic hydroxyl groups is 4. The predicted octanol–water partition coefficient (Wildman–Crippen LogP) is 6.27. The molecule has 6 N–H and O–H groups in total. The zero-order valence-corrected chi connectivity index (χ0v) is 36.9. The first kappa shape index (κ1) is 43.0. The Morgan fingerprint density at radius 1 is 0.964 bits per heavy atom. The second kappa shape index (κ2) is 18.0. The number of carbonyl (C=O) groups excluding carboxylic acids is 1. The first-order valence-corrected chi connectivity index (χ1v) is 20.0. The number of aromatic nitrogens is 4. The van der Waals surface area contributed by atoms with E-state index in [1.165, 1.54) is 22.9 Å². The number of aryl methyl sites for hydroxylation is 3. The van der Waals surface area contributed by atoms with Gasteiger partial charge in [-0.25, -0.2) is 4.98 Å². The molecule has 0 unspecified atom stereocenters. The van der Waals surface area contributed by atoms with Crippen LogP contribution in [0.4, 0.5) is 0 Å². The summed E-state index contributed by atoms with van der Waals surface area (Å²) in [4.78, 5) is 33.0. The van der Waals surface area contributed by atoms with E-state index in [1.54, 1.807) is 11.9 Å².